The molecule has 5 heteroatoms. The zero-order valence-corrected chi connectivity index (χ0v) is 13.9. The van der Waals surface area contributed by atoms with Gasteiger partial charge in [-0.1, -0.05) is 30.3 Å². The molecule has 1 heterocycles. The fourth-order valence-electron chi connectivity index (χ4n) is 2.61. The van der Waals surface area contributed by atoms with Gasteiger partial charge in [-0.2, -0.15) is 5.10 Å². The molecule has 0 unspecified atom stereocenters. The summed E-state index contributed by atoms with van der Waals surface area (Å²) in [6, 6.07) is 13.6. The Bertz CT molecular complexity index is 883. The van der Waals surface area contributed by atoms with Gasteiger partial charge in [0.15, 0.2) is 5.82 Å². The van der Waals surface area contributed by atoms with E-state index >= 15 is 0 Å². The Labute approximate surface area is 140 Å². The standard InChI is InChI=1S/C19H19N3O2/c1-12(2)22-11-20-18(21-22)16-9-15(14-7-5-4-6-8-14)10-17(13(16)3)19(23)24/h4-12H,1-3H3,(H,23,24). The van der Waals surface area contributed by atoms with Crippen LogP contribution in [0.4, 0.5) is 0 Å². The third-order valence-corrected chi connectivity index (χ3v) is 4.02. The van der Waals surface area contributed by atoms with E-state index in [9.17, 15) is 9.90 Å². The van der Waals surface area contributed by atoms with E-state index in [1.54, 1.807) is 24.0 Å². The number of hydrogen-bond acceptors (Lipinski definition) is 3. The molecule has 0 saturated heterocycles. The predicted molar refractivity (Wildman–Crippen MR) is 93.0 cm³/mol. The van der Waals surface area contributed by atoms with Crippen LogP contribution in [-0.2, 0) is 0 Å². The topological polar surface area (TPSA) is 68.0 Å². The number of aromatic carboxylic acids is 1. The Morgan fingerprint density at radius 1 is 1.12 bits per heavy atom. The molecule has 3 rings (SSSR count). The Hall–Kier alpha value is -2.95. The average molecular weight is 321 g/mol. The lowest BCUT2D eigenvalue weighted by molar-refractivity contribution is 0.0696. The van der Waals surface area contributed by atoms with Crippen LogP contribution in [0.15, 0.2) is 48.8 Å². The lowest BCUT2D eigenvalue weighted by Gasteiger charge is -2.11. The highest BCUT2D eigenvalue weighted by molar-refractivity contribution is 5.94. The fraction of sp³-hybridized carbons (Fsp3) is 0.211. The average Bonchev–Trinajstić information content (AvgIpc) is 3.05. The minimum Gasteiger partial charge on any atom is -0.478 e. The highest BCUT2D eigenvalue weighted by Gasteiger charge is 2.17. The SMILES string of the molecule is Cc1c(C(=O)O)cc(-c2ccccc2)cc1-c1ncn(C(C)C)n1. The molecule has 24 heavy (non-hydrogen) atoms. The van der Waals surface area contributed by atoms with Gasteiger partial charge in [-0.3, -0.25) is 0 Å². The maximum Gasteiger partial charge on any atom is 0.335 e. The number of carbonyl (C=O) groups is 1. The molecule has 1 aromatic heterocycles. The van der Waals surface area contributed by atoms with Crippen LogP contribution in [-0.4, -0.2) is 25.8 Å². The van der Waals surface area contributed by atoms with Crippen LogP contribution in [0.5, 0.6) is 0 Å². The van der Waals surface area contributed by atoms with Gasteiger partial charge in [0.1, 0.15) is 6.33 Å². The van der Waals surface area contributed by atoms with E-state index < -0.39 is 5.97 Å². The van der Waals surface area contributed by atoms with E-state index in [4.69, 9.17) is 0 Å². The number of rotatable bonds is 4. The van der Waals surface area contributed by atoms with E-state index in [1.807, 2.05) is 50.2 Å². The number of benzene rings is 2. The number of hydrogen-bond donors (Lipinski definition) is 1. The van der Waals surface area contributed by atoms with E-state index in [1.165, 1.54) is 0 Å². The summed E-state index contributed by atoms with van der Waals surface area (Å²) in [4.78, 5) is 16.0. The van der Waals surface area contributed by atoms with Crippen molar-refractivity contribution in [2.45, 2.75) is 26.8 Å². The minimum absolute atomic E-state index is 0.197. The van der Waals surface area contributed by atoms with Crippen LogP contribution >= 0.6 is 0 Å². The van der Waals surface area contributed by atoms with Gasteiger partial charge in [-0.05, 0) is 49.6 Å². The summed E-state index contributed by atoms with van der Waals surface area (Å²) in [5, 5.41) is 14.0. The number of carboxylic acid groups (broad SMARTS) is 1. The van der Waals surface area contributed by atoms with Crippen LogP contribution in [0.2, 0.25) is 0 Å². The second kappa shape index (κ2) is 6.28. The fourth-order valence-corrected chi connectivity index (χ4v) is 2.61. The normalized spacial score (nSPS) is 11.0. The summed E-state index contributed by atoms with van der Waals surface area (Å²) in [5.74, 6) is -0.406. The van der Waals surface area contributed by atoms with Crippen LogP contribution in [0.25, 0.3) is 22.5 Å². The number of carboxylic acids is 1. The second-order valence-corrected chi connectivity index (χ2v) is 6.01. The van der Waals surface area contributed by atoms with Crippen LogP contribution in [0, 0.1) is 6.92 Å². The molecule has 0 aliphatic heterocycles. The van der Waals surface area contributed by atoms with E-state index in [0.29, 0.717) is 11.4 Å². The van der Waals surface area contributed by atoms with Crippen LogP contribution in [0.1, 0.15) is 35.8 Å². The van der Waals surface area contributed by atoms with Crippen molar-refractivity contribution >= 4 is 5.97 Å². The predicted octanol–water partition coefficient (Wildman–Crippen LogP) is 4.20. The molecular weight excluding hydrogens is 302 g/mol. The zero-order chi connectivity index (χ0) is 17.3. The van der Waals surface area contributed by atoms with E-state index in [0.717, 1.165) is 16.7 Å². The third-order valence-electron chi connectivity index (χ3n) is 4.02. The molecule has 0 aliphatic carbocycles. The first-order chi connectivity index (χ1) is 11.5. The molecule has 122 valence electrons. The lowest BCUT2D eigenvalue weighted by atomic mass is 9.94. The molecule has 0 radical (unpaired) electrons. The molecule has 0 bridgehead atoms. The van der Waals surface area contributed by atoms with Crippen molar-refractivity contribution < 1.29 is 9.90 Å². The zero-order valence-electron chi connectivity index (χ0n) is 13.9. The quantitative estimate of drug-likeness (QED) is 0.782. The summed E-state index contributed by atoms with van der Waals surface area (Å²) in [6.45, 7) is 5.84. The molecule has 0 amide bonds. The van der Waals surface area contributed by atoms with Gasteiger partial charge < -0.3 is 5.11 Å². The van der Waals surface area contributed by atoms with Gasteiger partial charge in [0, 0.05) is 11.6 Å². The van der Waals surface area contributed by atoms with Crippen molar-refractivity contribution in [3.8, 4) is 22.5 Å². The summed E-state index contributed by atoms with van der Waals surface area (Å²) in [7, 11) is 0. The summed E-state index contributed by atoms with van der Waals surface area (Å²) in [6.07, 6.45) is 1.68. The van der Waals surface area contributed by atoms with Gasteiger partial charge in [-0.15, -0.1) is 0 Å². The first kappa shape index (κ1) is 15.9. The molecule has 0 saturated carbocycles. The summed E-state index contributed by atoms with van der Waals surface area (Å²) in [5.41, 5.74) is 3.49. The Morgan fingerprint density at radius 2 is 1.83 bits per heavy atom. The number of aromatic nitrogens is 3. The molecule has 0 spiro atoms. The number of nitrogens with zero attached hydrogens (tertiary/aromatic N) is 3. The molecule has 0 fully saturated rings. The van der Waals surface area contributed by atoms with E-state index in [-0.39, 0.29) is 11.6 Å². The highest BCUT2D eigenvalue weighted by atomic mass is 16.4. The van der Waals surface area contributed by atoms with Crippen molar-refractivity contribution in [3.05, 3.63) is 59.9 Å². The lowest BCUT2D eigenvalue weighted by Crippen LogP contribution is -2.04. The van der Waals surface area contributed by atoms with Gasteiger partial charge in [0.05, 0.1) is 5.56 Å². The van der Waals surface area contributed by atoms with Gasteiger partial charge >= 0.3 is 5.97 Å². The van der Waals surface area contributed by atoms with Crippen molar-refractivity contribution in [1.82, 2.24) is 14.8 Å². The first-order valence-corrected chi connectivity index (χ1v) is 7.82. The van der Waals surface area contributed by atoms with Gasteiger partial charge in [-0.25, -0.2) is 14.5 Å². The summed E-state index contributed by atoms with van der Waals surface area (Å²) >= 11 is 0. The molecule has 5 nitrogen and oxygen atoms in total. The Balaban J connectivity index is 2.20. The maximum atomic E-state index is 11.7. The smallest absolute Gasteiger partial charge is 0.335 e. The molecule has 2 aromatic carbocycles. The van der Waals surface area contributed by atoms with Crippen molar-refractivity contribution in [1.29, 1.82) is 0 Å². The minimum atomic E-state index is -0.949. The Kier molecular flexibility index (Phi) is 4.16. The largest absolute Gasteiger partial charge is 0.478 e. The Morgan fingerprint density at radius 3 is 2.42 bits per heavy atom. The van der Waals surface area contributed by atoms with E-state index in [2.05, 4.69) is 10.1 Å². The monoisotopic (exact) mass is 321 g/mol. The molecule has 1 N–H and O–H groups in total. The molecule has 0 aliphatic rings. The van der Waals surface area contributed by atoms with Gasteiger partial charge in [0.2, 0.25) is 0 Å². The first-order valence-electron chi connectivity index (χ1n) is 7.82. The van der Waals surface area contributed by atoms with Crippen molar-refractivity contribution in [3.63, 3.8) is 0 Å². The van der Waals surface area contributed by atoms with Crippen molar-refractivity contribution in [2.75, 3.05) is 0 Å². The second-order valence-electron chi connectivity index (χ2n) is 6.01. The highest BCUT2D eigenvalue weighted by Crippen LogP contribution is 2.30. The molecule has 0 atom stereocenters. The molecule has 3 aromatic rings. The maximum absolute atomic E-state index is 11.7. The third kappa shape index (κ3) is 2.93. The van der Waals surface area contributed by atoms with Crippen LogP contribution in [0.3, 0.4) is 0 Å². The van der Waals surface area contributed by atoms with Crippen LogP contribution < -0.4 is 0 Å². The summed E-state index contributed by atoms with van der Waals surface area (Å²) < 4.78 is 1.77. The van der Waals surface area contributed by atoms with Gasteiger partial charge in [0.25, 0.3) is 0 Å². The molecular formula is C19H19N3O2. The van der Waals surface area contributed by atoms with Crippen molar-refractivity contribution in [2.24, 2.45) is 0 Å².